The lowest BCUT2D eigenvalue weighted by Crippen LogP contribution is -2.35. The Morgan fingerprint density at radius 1 is 1.13 bits per heavy atom. The first-order valence-electron chi connectivity index (χ1n) is 9.24. The van der Waals surface area contributed by atoms with E-state index in [1.165, 1.54) is 6.33 Å². The Balaban J connectivity index is 1.73. The molecule has 2 N–H and O–H groups in total. The lowest BCUT2D eigenvalue weighted by Gasteiger charge is -2.12. The number of pyridine rings is 1. The maximum absolute atomic E-state index is 12.2. The summed E-state index contributed by atoms with van der Waals surface area (Å²) in [4.78, 5) is 29.3. The molecular formula is C22H18N6OS. The van der Waals surface area contributed by atoms with E-state index in [0.717, 1.165) is 26.9 Å². The molecule has 0 spiro atoms. The molecule has 0 aliphatic heterocycles. The highest BCUT2D eigenvalue weighted by molar-refractivity contribution is 7.16. The van der Waals surface area contributed by atoms with Crippen molar-refractivity contribution < 1.29 is 4.79 Å². The zero-order valence-corrected chi connectivity index (χ0v) is 17.2. The van der Waals surface area contributed by atoms with Crippen molar-refractivity contribution >= 4 is 33.3 Å². The number of hydrogen-bond acceptors (Lipinski definition) is 7. The summed E-state index contributed by atoms with van der Waals surface area (Å²) >= 11 is 1.59. The quantitative estimate of drug-likeness (QED) is 0.499. The van der Waals surface area contributed by atoms with Crippen LogP contribution < -0.4 is 10.6 Å². The van der Waals surface area contributed by atoms with Crippen LogP contribution in [-0.4, -0.2) is 38.9 Å². The number of hydrogen-bond donors (Lipinski definition) is 2. The Morgan fingerprint density at radius 2 is 1.97 bits per heavy atom. The SMILES string of the molecule is CNC(C)C(=O)Nc1ccc(-c2cncnc2)c(C#Cc2ccc3scnc3c2)n1. The van der Waals surface area contributed by atoms with Crippen molar-refractivity contribution in [3.8, 4) is 23.0 Å². The average molecular weight is 414 g/mol. The summed E-state index contributed by atoms with van der Waals surface area (Å²) in [6.07, 6.45) is 4.88. The second kappa shape index (κ2) is 8.78. The number of thiazole rings is 1. The zero-order valence-electron chi connectivity index (χ0n) is 16.4. The summed E-state index contributed by atoms with van der Waals surface area (Å²) in [5.74, 6) is 6.55. The summed E-state index contributed by atoms with van der Waals surface area (Å²) in [5.41, 5.74) is 5.68. The molecule has 1 atom stereocenters. The maximum Gasteiger partial charge on any atom is 0.242 e. The van der Waals surface area contributed by atoms with Gasteiger partial charge >= 0.3 is 0 Å². The Morgan fingerprint density at radius 3 is 2.77 bits per heavy atom. The van der Waals surface area contributed by atoms with E-state index in [2.05, 4.69) is 42.4 Å². The third-order valence-corrected chi connectivity index (χ3v) is 5.31. The molecule has 3 heterocycles. The minimum absolute atomic E-state index is 0.173. The third-order valence-electron chi connectivity index (χ3n) is 4.50. The van der Waals surface area contributed by atoms with Crippen LogP contribution in [0.1, 0.15) is 18.2 Å². The minimum Gasteiger partial charge on any atom is -0.309 e. The van der Waals surface area contributed by atoms with Gasteiger partial charge in [-0.05, 0) is 50.2 Å². The highest BCUT2D eigenvalue weighted by atomic mass is 32.1. The number of rotatable bonds is 4. The van der Waals surface area contributed by atoms with Gasteiger partial charge in [0.1, 0.15) is 17.8 Å². The molecular weight excluding hydrogens is 396 g/mol. The van der Waals surface area contributed by atoms with E-state index in [-0.39, 0.29) is 11.9 Å². The van der Waals surface area contributed by atoms with Crippen LogP contribution in [0.2, 0.25) is 0 Å². The van der Waals surface area contributed by atoms with E-state index in [9.17, 15) is 4.79 Å². The lowest BCUT2D eigenvalue weighted by molar-refractivity contribution is -0.117. The van der Waals surface area contributed by atoms with Crippen molar-refractivity contribution in [2.45, 2.75) is 13.0 Å². The Hall–Kier alpha value is -3.67. The average Bonchev–Trinajstić information content (AvgIpc) is 3.25. The first-order valence-corrected chi connectivity index (χ1v) is 10.1. The molecule has 1 unspecified atom stereocenters. The van der Waals surface area contributed by atoms with Gasteiger partial charge in [0.25, 0.3) is 0 Å². The molecule has 30 heavy (non-hydrogen) atoms. The Kier molecular flexibility index (Phi) is 5.75. The fourth-order valence-electron chi connectivity index (χ4n) is 2.73. The highest BCUT2D eigenvalue weighted by Gasteiger charge is 2.13. The van der Waals surface area contributed by atoms with Crippen LogP contribution in [-0.2, 0) is 4.79 Å². The number of fused-ring (bicyclic) bond motifs is 1. The molecule has 3 aromatic heterocycles. The van der Waals surface area contributed by atoms with Crippen LogP contribution in [0.15, 0.2) is 54.6 Å². The Bertz CT molecular complexity index is 1260. The number of amides is 1. The molecule has 1 aromatic carbocycles. The molecule has 4 aromatic rings. The van der Waals surface area contributed by atoms with Crippen molar-refractivity contribution in [2.24, 2.45) is 0 Å². The molecule has 0 saturated carbocycles. The number of likely N-dealkylation sites (N-methyl/N-ethyl adjacent to an activating group) is 1. The number of anilines is 1. The first kappa shape index (κ1) is 19.6. The van der Waals surface area contributed by atoms with Crippen LogP contribution in [0, 0.1) is 11.8 Å². The van der Waals surface area contributed by atoms with E-state index in [1.807, 2.05) is 29.8 Å². The smallest absolute Gasteiger partial charge is 0.242 e. The van der Waals surface area contributed by atoms with Crippen LogP contribution in [0.3, 0.4) is 0 Å². The molecule has 4 rings (SSSR count). The van der Waals surface area contributed by atoms with Crippen molar-refractivity contribution in [1.29, 1.82) is 0 Å². The summed E-state index contributed by atoms with van der Waals surface area (Å²) in [5, 5.41) is 5.72. The fraction of sp³-hybridized carbons (Fsp3) is 0.136. The third kappa shape index (κ3) is 4.33. The number of nitrogens with zero attached hydrogens (tertiary/aromatic N) is 4. The zero-order chi connectivity index (χ0) is 20.9. The van der Waals surface area contributed by atoms with E-state index >= 15 is 0 Å². The van der Waals surface area contributed by atoms with Crippen LogP contribution in [0.25, 0.3) is 21.3 Å². The number of carbonyl (C=O) groups excluding carboxylic acids is 1. The van der Waals surface area contributed by atoms with E-state index in [4.69, 9.17) is 0 Å². The molecule has 7 nitrogen and oxygen atoms in total. The summed E-state index contributed by atoms with van der Waals surface area (Å²) in [6.45, 7) is 1.78. The van der Waals surface area contributed by atoms with E-state index in [1.54, 1.807) is 43.8 Å². The normalized spacial score (nSPS) is 11.5. The van der Waals surface area contributed by atoms with Gasteiger partial charge in [0.05, 0.1) is 21.8 Å². The molecule has 0 aliphatic rings. The maximum atomic E-state index is 12.2. The molecule has 148 valence electrons. The van der Waals surface area contributed by atoms with E-state index < -0.39 is 0 Å². The predicted molar refractivity (Wildman–Crippen MR) is 118 cm³/mol. The molecule has 0 bridgehead atoms. The highest BCUT2D eigenvalue weighted by Crippen LogP contribution is 2.23. The molecule has 1 amide bonds. The van der Waals surface area contributed by atoms with Gasteiger partial charge < -0.3 is 10.6 Å². The summed E-state index contributed by atoms with van der Waals surface area (Å²) < 4.78 is 1.11. The summed E-state index contributed by atoms with van der Waals surface area (Å²) in [6, 6.07) is 9.18. The number of benzene rings is 1. The number of aromatic nitrogens is 4. The monoisotopic (exact) mass is 414 g/mol. The van der Waals surface area contributed by atoms with Crippen molar-refractivity contribution in [3.63, 3.8) is 0 Å². The topological polar surface area (TPSA) is 92.7 Å². The van der Waals surface area contributed by atoms with Gasteiger partial charge in [-0.3, -0.25) is 4.79 Å². The molecule has 0 fully saturated rings. The number of carbonyl (C=O) groups is 1. The second-order valence-corrected chi connectivity index (χ2v) is 7.39. The first-order chi connectivity index (χ1) is 14.6. The van der Waals surface area contributed by atoms with Gasteiger partial charge in [-0.1, -0.05) is 5.92 Å². The second-order valence-electron chi connectivity index (χ2n) is 6.50. The molecule has 0 saturated heterocycles. The van der Waals surface area contributed by atoms with Crippen molar-refractivity contribution in [1.82, 2.24) is 25.3 Å². The van der Waals surface area contributed by atoms with Gasteiger partial charge in [-0.2, -0.15) is 0 Å². The minimum atomic E-state index is -0.339. The largest absolute Gasteiger partial charge is 0.309 e. The van der Waals surface area contributed by atoms with Crippen LogP contribution in [0.4, 0.5) is 5.82 Å². The predicted octanol–water partition coefficient (Wildman–Crippen LogP) is 3.09. The fourth-order valence-corrected chi connectivity index (χ4v) is 3.39. The Labute approximate surface area is 177 Å². The van der Waals surface area contributed by atoms with Gasteiger partial charge in [-0.15, -0.1) is 11.3 Å². The molecule has 0 aliphatic carbocycles. The van der Waals surface area contributed by atoms with Crippen molar-refractivity contribution in [3.05, 3.63) is 65.8 Å². The molecule has 0 radical (unpaired) electrons. The van der Waals surface area contributed by atoms with Gasteiger partial charge in [-0.25, -0.2) is 19.9 Å². The standard InChI is InChI=1S/C22H18N6OS/c1-14(23-2)22(29)28-21-8-5-17(16-10-24-12-25-11-16)18(27-21)6-3-15-4-7-20-19(9-15)26-13-30-20/h4-5,7-14,23H,1-2H3,(H,27,28,29). The van der Waals surface area contributed by atoms with Gasteiger partial charge in [0.2, 0.25) is 5.91 Å². The molecule has 8 heteroatoms. The lowest BCUT2D eigenvalue weighted by atomic mass is 10.1. The van der Waals surface area contributed by atoms with E-state index in [0.29, 0.717) is 11.5 Å². The van der Waals surface area contributed by atoms with Gasteiger partial charge in [0, 0.05) is 29.1 Å². The van der Waals surface area contributed by atoms with Gasteiger partial charge in [0.15, 0.2) is 0 Å². The van der Waals surface area contributed by atoms with Crippen molar-refractivity contribution in [2.75, 3.05) is 12.4 Å². The summed E-state index contributed by atoms with van der Waals surface area (Å²) in [7, 11) is 1.73. The van der Waals surface area contributed by atoms with Crippen LogP contribution in [0.5, 0.6) is 0 Å². The number of nitrogens with one attached hydrogen (secondary N) is 2. The van der Waals surface area contributed by atoms with Crippen LogP contribution >= 0.6 is 11.3 Å².